The summed E-state index contributed by atoms with van der Waals surface area (Å²) >= 11 is 4.88. The summed E-state index contributed by atoms with van der Waals surface area (Å²) in [6.07, 6.45) is 3.41. The molecule has 1 aromatic heterocycles. The second-order valence-corrected chi connectivity index (χ2v) is 4.01. The molecule has 0 amide bonds. The fourth-order valence-corrected chi connectivity index (χ4v) is 1.47. The third kappa shape index (κ3) is 3.36. The van der Waals surface area contributed by atoms with Crippen LogP contribution in [0, 0.1) is 0 Å². The maximum absolute atomic E-state index is 5.52. The molecule has 0 unspecified atom stereocenters. The second kappa shape index (κ2) is 5.88. The van der Waals surface area contributed by atoms with Gasteiger partial charge in [-0.1, -0.05) is 42.5 Å². The van der Waals surface area contributed by atoms with Gasteiger partial charge in [-0.05, 0) is 17.7 Å². The van der Waals surface area contributed by atoms with Crippen LogP contribution < -0.4 is 11.2 Å². The van der Waals surface area contributed by atoms with Crippen molar-refractivity contribution in [2.75, 3.05) is 5.43 Å². The number of anilines is 1. The average molecular weight is 256 g/mol. The van der Waals surface area contributed by atoms with Crippen molar-refractivity contribution >= 4 is 29.2 Å². The summed E-state index contributed by atoms with van der Waals surface area (Å²) in [5.74, 6) is 0.702. The van der Waals surface area contributed by atoms with Crippen molar-refractivity contribution in [3.63, 3.8) is 0 Å². The molecule has 0 saturated carbocycles. The molecule has 90 valence electrons. The van der Waals surface area contributed by atoms with Gasteiger partial charge in [-0.3, -0.25) is 5.43 Å². The van der Waals surface area contributed by atoms with Crippen molar-refractivity contribution in [2.24, 2.45) is 10.8 Å². The van der Waals surface area contributed by atoms with Crippen LogP contribution in [-0.4, -0.2) is 16.2 Å². The number of hydrazone groups is 1. The molecule has 1 aromatic carbocycles. The summed E-state index contributed by atoms with van der Waals surface area (Å²) in [5, 5.41) is 4.08. The average Bonchev–Trinajstić information content (AvgIpc) is 2.40. The van der Waals surface area contributed by atoms with Gasteiger partial charge in [-0.2, -0.15) is 5.10 Å². The quantitative estimate of drug-likeness (QED) is 0.500. The number of aromatic nitrogens is 1. The zero-order valence-corrected chi connectivity index (χ0v) is 10.4. The number of benzene rings is 1. The van der Waals surface area contributed by atoms with Gasteiger partial charge >= 0.3 is 0 Å². The lowest BCUT2D eigenvalue weighted by molar-refractivity contribution is 1.23. The van der Waals surface area contributed by atoms with Crippen LogP contribution in [0.3, 0.4) is 0 Å². The van der Waals surface area contributed by atoms with Crippen LogP contribution in [0.5, 0.6) is 0 Å². The molecule has 0 bridgehead atoms. The zero-order chi connectivity index (χ0) is 12.8. The molecule has 0 spiro atoms. The Kier molecular flexibility index (Phi) is 3.98. The van der Waals surface area contributed by atoms with Crippen LogP contribution in [0.25, 0.3) is 0 Å². The summed E-state index contributed by atoms with van der Waals surface area (Å²) < 4.78 is 0. The molecule has 0 atom stereocenters. The second-order valence-electron chi connectivity index (χ2n) is 3.57. The molecule has 1 heterocycles. The smallest absolute Gasteiger partial charge is 0.146 e. The van der Waals surface area contributed by atoms with Gasteiger partial charge < -0.3 is 5.73 Å². The van der Waals surface area contributed by atoms with E-state index in [1.54, 1.807) is 12.4 Å². The highest BCUT2D eigenvalue weighted by Crippen LogP contribution is 2.03. The highest BCUT2D eigenvalue weighted by atomic mass is 32.1. The minimum absolute atomic E-state index is 0.394. The molecule has 0 radical (unpaired) electrons. The summed E-state index contributed by atoms with van der Waals surface area (Å²) in [5.41, 5.74) is 10.2. The molecule has 0 aliphatic heterocycles. The number of hydrogen-bond donors (Lipinski definition) is 2. The van der Waals surface area contributed by atoms with Crippen LogP contribution in [0.2, 0.25) is 0 Å². The van der Waals surface area contributed by atoms with Crippen molar-refractivity contribution in [2.45, 2.75) is 0 Å². The Morgan fingerprint density at radius 1 is 1.22 bits per heavy atom. The lowest BCUT2D eigenvalue weighted by Crippen LogP contribution is -2.08. The fraction of sp³-hybridized carbons (Fsp3) is 0. The first kappa shape index (κ1) is 12.2. The molecule has 18 heavy (non-hydrogen) atoms. The molecule has 4 nitrogen and oxygen atoms in total. The van der Waals surface area contributed by atoms with E-state index in [0.29, 0.717) is 10.8 Å². The maximum atomic E-state index is 5.52. The van der Waals surface area contributed by atoms with Gasteiger partial charge in [-0.25, -0.2) is 4.98 Å². The topological polar surface area (TPSA) is 63.3 Å². The first-order valence-corrected chi connectivity index (χ1v) is 5.76. The first-order chi connectivity index (χ1) is 8.75. The standard InChI is InChI=1S/C13H12N4S/c14-13(18)11-6-4-10(5-7-11)9-16-17-12-3-1-2-8-15-12/h1-9H,(H2,14,18)(H,15,17)/b16-9+. The molecule has 2 aromatic rings. The van der Waals surface area contributed by atoms with Gasteiger partial charge in [0.2, 0.25) is 0 Å². The normalized spacial score (nSPS) is 10.4. The monoisotopic (exact) mass is 256 g/mol. The van der Waals surface area contributed by atoms with E-state index >= 15 is 0 Å². The summed E-state index contributed by atoms with van der Waals surface area (Å²) in [6.45, 7) is 0. The van der Waals surface area contributed by atoms with E-state index in [4.69, 9.17) is 18.0 Å². The van der Waals surface area contributed by atoms with E-state index in [0.717, 1.165) is 11.1 Å². The Balaban J connectivity index is 1.99. The minimum Gasteiger partial charge on any atom is -0.389 e. The Bertz CT molecular complexity index is 549. The zero-order valence-electron chi connectivity index (χ0n) is 9.58. The molecule has 0 saturated heterocycles. The van der Waals surface area contributed by atoms with Crippen LogP contribution in [0.4, 0.5) is 5.82 Å². The highest BCUT2D eigenvalue weighted by molar-refractivity contribution is 7.80. The largest absolute Gasteiger partial charge is 0.389 e. The molecule has 3 N–H and O–H groups in total. The predicted molar refractivity (Wildman–Crippen MR) is 77.8 cm³/mol. The van der Waals surface area contributed by atoms with E-state index in [1.807, 2.05) is 42.5 Å². The van der Waals surface area contributed by atoms with Crippen LogP contribution in [0.1, 0.15) is 11.1 Å². The van der Waals surface area contributed by atoms with Gasteiger partial charge in [0.25, 0.3) is 0 Å². The highest BCUT2D eigenvalue weighted by Gasteiger charge is 1.94. The van der Waals surface area contributed by atoms with Crippen molar-refractivity contribution < 1.29 is 0 Å². The lowest BCUT2D eigenvalue weighted by atomic mass is 10.1. The van der Waals surface area contributed by atoms with Crippen molar-refractivity contribution in [3.05, 3.63) is 59.8 Å². The third-order valence-corrected chi connectivity index (χ3v) is 2.49. The molecule has 0 fully saturated rings. The van der Waals surface area contributed by atoms with E-state index in [-0.39, 0.29) is 0 Å². The van der Waals surface area contributed by atoms with E-state index in [2.05, 4.69) is 15.5 Å². The van der Waals surface area contributed by atoms with E-state index < -0.39 is 0 Å². The maximum Gasteiger partial charge on any atom is 0.146 e. The van der Waals surface area contributed by atoms with Gasteiger partial charge in [-0.15, -0.1) is 0 Å². The number of pyridine rings is 1. The first-order valence-electron chi connectivity index (χ1n) is 5.36. The minimum atomic E-state index is 0.394. The summed E-state index contributed by atoms with van der Waals surface area (Å²) in [6, 6.07) is 13.1. The number of nitrogens with two attached hydrogens (primary N) is 1. The Labute approximate surface area is 111 Å². The number of nitrogens with one attached hydrogen (secondary N) is 1. The Morgan fingerprint density at radius 3 is 2.61 bits per heavy atom. The molecule has 5 heteroatoms. The van der Waals surface area contributed by atoms with Gasteiger partial charge in [0.05, 0.1) is 6.21 Å². The van der Waals surface area contributed by atoms with Crippen LogP contribution in [-0.2, 0) is 0 Å². The van der Waals surface area contributed by atoms with Crippen LogP contribution >= 0.6 is 12.2 Å². The van der Waals surface area contributed by atoms with Gasteiger partial charge in [0.15, 0.2) is 0 Å². The Hall–Kier alpha value is -2.27. The lowest BCUT2D eigenvalue weighted by Gasteiger charge is -1.99. The number of hydrogen-bond acceptors (Lipinski definition) is 4. The number of nitrogens with zero attached hydrogens (tertiary/aromatic N) is 2. The van der Waals surface area contributed by atoms with Crippen molar-refractivity contribution in [1.82, 2.24) is 4.98 Å². The van der Waals surface area contributed by atoms with Gasteiger partial charge in [0, 0.05) is 11.8 Å². The number of rotatable bonds is 4. The van der Waals surface area contributed by atoms with E-state index in [9.17, 15) is 0 Å². The summed E-state index contributed by atoms with van der Waals surface area (Å²) in [7, 11) is 0. The third-order valence-electron chi connectivity index (χ3n) is 2.25. The van der Waals surface area contributed by atoms with Crippen molar-refractivity contribution in [1.29, 1.82) is 0 Å². The van der Waals surface area contributed by atoms with Crippen LogP contribution in [0.15, 0.2) is 53.8 Å². The Morgan fingerprint density at radius 2 is 2.00 bits per heavy atom. The molecule has 0 aliphatic carbocycles. The molecular weight excluding hydrogens is 244 g/mol. The number of thiocarbonyl (C=S) groups is 1. The molecular formula is C13H12N4S. The summed E-state index contributed by atoms with van der Waals surface area (Å²) in [4.78, 5) is 4.48. The SMILES string of the molecule is NC(=S)c1ccc(/C=N/Nc2ccccn2)cc1. The predicted octanol–water partition coefficient (Wildman–Crippen LogP) is 2.16. The van der Waals surface area contributed by atoms with Gasteiger partial charge in [0.1, 0.15) is 10.8 Å². The molecule has 2 rings (SSSR count). The molecule has 0 aliphatic rings. The van der Waals surface area contributed by atoms with E-state index in [1.165, 1.54) is 0 Å². The fourth-order valence-electron chi connectivity index (χ4n) is 1.34. The van der Waals surface area contributed by atoms with Crippen molar-refractivity contribution in [3.8, 4) is 0 Å².